The number of ether oxygens (including phenoxy) is 1. The van der Waals surface area contributed by atoms with Crippen molar-refractivity contribution in [1.29, 1.82) is 0 Å². The Kier molecular flexibility index (Phi) is 3.90. The number of carbonyl (C=O) groups is 1. The summed E-state index contributed by atoms with van der Waals surface area (Å²) in [6.07, 6.45) is 1.63. The van der Waals surface area contributed by atoms with E-state index in [0.29, 0.717) is 18.4 Å². The topological polar surface area (TPSA) is 29.5 Å². The fraction of sp³-hybridized carbons (Fsp3) is 0.533. The fourth-order valence-electron chi connectivity index (χ4n) is 2.72. The smallest absolute Gasteiger partial charge is 0.222 e. The molecule has 0 saturated carbocycles. The van der Waals surface area contributed by atoms with Crippen molar-refractivity contribution >= 4 is 5.91 Å². The molecule has 0 radical (unpaired) electrons. The molecule has 0 aromatic heterocycles. The lowest BCUT2D eigenvalue weighted by Crippen LogP contribution is -2.33. The zero-order chi connectivity index (χ0) is 13.1. The molecule has 0 bridgehead atoms. The molecule has 1 heterocycles. The Bertz CT molecular complexity index is 430. The SMILES string of the molecule is CCC(=O)N1C[C@@H](c2cccc(OC)c2)C[C@@H]1C. The van der Waals surface area contributed by atoms with E-state index in [2.05, 4.69) is 19.1 Å². The van der Waals surface area contributed by atoms with Crippen LogP contribution in [0.3, 0.4) is 0 Å². The quantitative estimate of drug-likeness (QED) is 0.822. The third-order valence-corrected chi connectivity index (χ3v) is 3.76. The first-order valence-corrected chi connectivity index (χ1v) is 6.59. The summed E-state index contributed by atoms with van der Waals surface area (Å²) in [5, 5.41) is 0. The molecule has 1 amide bonds. The maximum absolute atomic E-state index is 11.8. The molecule has 18 heavy (non-hydrogen) atoms. The number of hydrogen-bond acceptors (Lipinski definition) is 2. The average molecular weight is 247 g/mol. The summed E-state index contributed by atoms with van der Waals surface area (Å²) in [6.45, 7) is 4.89. The first-order chi connectivity index (χ1) is 8.65. The van der Waals surface area contributed by atoms with Gasteiger partial charge in [0.2, 0.25) is 5.91 Å². The van der Waals surface area contributed by atoms with Crippen molar-refractivity contribution in [3.05, 3.63) is 29.8 Å². The van der Waals surface area contributed by atoms with Crippen LogP contribution >= 0.6 is 0 Å². The van der Waals surface area contributed by atoms with Gasteiger partial charge in [-0.3, -0.25) is 4.79 Å². The van der Waals surface area contributed by atoms with E-state index in [9.17, 15) is 4.79 Å². The lowest BCUT2D eigenvalue weighted by Gasteiger charge is -2.20. The summed E-state index contributed by atoms with van der Waals surface area (Å²) in [6, 6.07) is 8.52. The van der Waals surface area contributed by atoms with Crippen molar-refractivity contribution < 1.29 is 9.53 Å². The maximum atomic E-state index is 11.8. The van der Waals surface area contributed by atoms with E-state index in [0.717, 1.165) is 18.7 Å². The molecule has 3 heteroatoms. The van der Waals surface area contributed by atoms with Crippen LogP contribution in [0.1, 0.15) is 38.2 Å². The highest BCUT2D eigenvalue weighted by molar-refractivity contribution is 5.76. The Morgan fingerprint density at radius 2 is 2.28 bits per heavy atom. The van der Waals surface area contributed by atoms with Crippen molar-refractivity contribution in [1.82, 2.24) is 4.90 Å². The van der Waals surface area contributed by atoms with Crippen molar-refractivity contribution in [2.24, 2.45) is 0 Å². The van der Waals surface area contributed by atoms with Crippen LogP contribution in [-0.4, -0.2) is 30.5 Å². The van der Waals surface area contributed by atoms with Gasteiger partial charge in [0.15, 0.2) is 0 Å². The number of rotatable bonds is 3. The lowest BCUT2D eigenvalue weighted by molar-refractivity contribution is -0.131. The van der Waals surface area contributed by atoms with E-state index in [1.165, 1.54) is 5.56 Å². The van der Waals surface area contributed by atoms with E-state index >= 15 is 0 Å². The molecule has 2 rings (SSSR count). The summed E-state index contributed by atoms with van der Waals surface area (Å²) in [5.41, 5.74) is 1.27. The molecule has 98 valence electrons. The molecule has 1 fully saturated rings. The van der Waals surface area contributed by atoms with Crippen LogP contribution in [0.2, 0.25) is 0 Å². The average Bonchev–Trinajstić information content (AvgIpc) is 2.80. The minimum atomic E-state index is 0.257. The lowest BCUT2D eigenvalue weighted by atomic mass is 9.96. The third kappa shape index (κ3) is 2.50. The summed E-state index contributed by atoms with van der Waals surface area (Å²) >= 11 is 0. The summed E-state index contributed by atoms with van der Waals surface area (Å²) in [4.78, 5) is 13.8. The molecule has 0 N–H and O–H groups in total. The molecule has 1 aromatic carbocycles. The first-order valence-electron chi connectivity index (χ1n) is 6.59. The number of likely N-dealkylation sites (tertiary alicyclic amines) is 1. The molecule has 0 aliphatic carbocycles. The second-order valence-electron chi connectivity index (χ2n) is 4.96. The van der Waals surface area contributed by atoms with E-state index < -0.39 is 0 Å². The molecular weight excluding hydrogens is 226 g/mol. The van der Waals surface area contributed by atoms with Crippen molar-refractivity contribution in [3.63, 3.8) is 0 Å². The van der Waals surface area contributed by atoms with Crippen LogP contribution in [0.4, 0.5) is 0 Å². The molecule has 1 aliphatic heterocycles. The van der Waals surface area contributed by atoms with Gasteiger partial charge in [-0.1, -0.05) is 19.1 Å². The van der Waals surface area contributed by atoms with E-state index in [4.69, 9.17) is 4.74 Å². The Balaban J connectivity index is 2.13. The number of nitrogens with zero attached hydrogens (tertiary/aromatic N) is 1. The zero-order valence-electron chi connectivity index (χ0n) is 11.3. The second kappa shape index (κ2) is 5.42. The molecular formula is C15H21NO2. The highest BCUT2D eigenvalue weighted by atomic mass is 16.5. The Morgan fingerprint density at radius 1 is 1.50 bits per heavy atom. The van der Waals surface area contributed by atoms with Gasteiger partial charge >= 0.3 is 0 Å². The molecule has 2 atom stereocenters. The Hall–Kier alpha value is -1.51. The van der Waals surface area contributed by atoms with Crippen LogP contribution in [0, 0.1) is 0 Å². The van der Waals surface area contributed by atoms with E-state index in [1.54, 1.807) is 7.11 Å². The van der Waals surface area contributed by atoms with Crippen molar-refractivity contribution in [2.45, 2.75) is 38.6 Å². The fourth-order valence-corrected chi connectivity index (χ4v) is 2.72. The first kappa shape index (κ1) is 12.9. The number of benzene rings is 1. The van der Waals surface area contributed by atoms with Gasteiger partial charge in [-0.15, -0.1) is 0 Å². The molecule has 0 spiro atoms. The number of methoxy groups -OCH3 is 1. The molecule has 1 aromatic rings. The second-order valence-corrected chi connectivity index (χ2v) is 4.96. The normalized spacial score (nSPS) is 23.2. The van der Waals surface area contributed by atoms with E-state index in [1.807, 2.05) is 24.0 Å². The highest BCUT2D eigenvalue weighted by Gasteiger charge is 2.32. The number of carbonyl (C=O) groups excluding carboxylic acids is 1. The van der Waals surface area contributed by atoms with Gasteiger partial charge in [0, 0.05) is 24.9 Å². The van der Waals surface area contributed by atoms with Crippen molar-refractivity contribution in [2.75, 3.05) is 13.7 Å². The minimum absolute atomic E-state index is 0.257. The van der Waals surface area contributed by atoms with Gasteiger partial charge in [0.1, 0.15) is 5.75 Å². The summed E-state index contributed by atoms with van der Waals surface area (Å²) < 4.78 is 5.26. The zero-order valence-corrected chi connectivity index (χ0v) is 11.3. The van der Waals surface area contributed by atoms with E-state index in [-0.39, 0.29) is 5.91 Å². The summed E-state index contributed by atoms with van der Waals surface area (Å²) in [5.74, 6) is 1.58. The predicted molar refractivity (Wildman–Crippen MR) is 71.8 cm³/mol. The summed E-state index contributed by atoms with van der Waals surface area (Å²) in [7, 11) is 1.68. The largest absolute Gasteiger partial charge is 0.497 e. The number of hydrogen-bond donors (Lipinski definition) is 0. The van der Waals surface area contributed by atoms with Gasteiger partial charge in [0.25, 0.3) is 0 Å². The standard InChI is InChI=1S/C15H21NO2/c1-4-15(17)16-10-13(8-11(16)2)12-6-5-7-14(9-12)18-3/h5-7,9,11,13H,4,8,10H2,1-3H3/t11-,13-/m0/s1. The van der Waals surface area contributed by atoms with Gasteiger partial charge < -0.3 is 9.64 Å². The van der Waals surface area contributed by atoms with Crippen LogP contribution in [0.25, 0.3) is 0 Å². The number of amides is 1. The maximum Gasteiger partial charge on any atom is 0.222 e. The van der Waals surface area contributed by atoms with Crippen molar-refractivity contribution in [3.8, 4) is 5.75 Å². The predicted octanol–water partition coefficient (Wildman–Crippen LogP) is 2.81. The van der Waals surface area contributed by atoms with Crippen LogP contribution < -0.4 is 4.74 Å². The molecule has 1 aliphatic rings. The van der Waals surface area contributed by atoms with Gasteiger partial charge in [0.05, 0.1) is 7.11 Å². The van der Waals surface area contributed by atoms with Crippen LogP contribution in [0.5, 0.6) is 5.75 Å². The third-order valence-electron chi connectivity index (χ3n) is 3.76. The Labute approximate surface area is 109 Å². The monoisotopic (exact) mass is 247 g/mol. The van der Waals surface area contributed by atoms with Gasteiger partial charge in [-0.05, 0) is 31.0 Å². The molecule has 0 unspecified atom stereocenters. The van der Waals surface area contributed by atoms with Gasteiger partial charge in [-0.2, -0.15) is 0 Å². The molecule has 3 nitrogen and oxygen atoms in total. The van der Waals surface area contributed by atoms with Crippen LogP contribution in [-0.2, 0) is 4.79 Å². The van der Waals surface area contributed by atoms with Gasteiger partial charge in [-0.25, -0.2) is 0 Å². The Morgan fingerprint density at radius 3 is 2.94 bits per heavy atom. The highest BCUT2D eigenvalue weighted by Crippen LogP contribution is 2.33. The molecule has 1 saturated heterocycles. The van der Waals surface area contributed by atoms with Crippen LogP contribution in [0.15, 0.2) is 24.3 Å². The minimum Gasteiger partial charge on any atom is -0.497 e.